The molecule has 1 radical (unpaired) electrons. The Balaban J connectivity index is 0.00000121. The molecule has 1 rings (SSSR count). The van der Waals surface area contributed by atoms with Gasteiger partial charge in [0.2, 0.25) is 0 Å². The Hall–Kier alpha value is -0.580. The van der Waals surface area contributed by atoms with Gasteiger partial charge in [0.25, 0.3) is 5.69 Å². The maximum Gasteiger partial charge on any atom is 0.273 e. The number of hydrogen-bond acceptors (Lipinski definition) is 3. The second-order valence-corrected chi connectivity index (χ2v) is 1.96. The molecule has 0 aliphatic heterocycles. The SMILES string of the molecule is COc1cccc([N+](=O)[O-])c1.[Na]. The number of rotatable bonds is 2. The van der Waals surface area contributed by atoms with Crippen molar-refractivity contribution in [2.75, 3.05) is 7.11 Å². The molecule has 1 aromatic rings. The summed E-state index contributed by atoms with van der Waals surface area (Å²) in [5, 5.41) is 10.2. The van der Waals surface area contributed by atoms with Crippen LogP contribution in [-0.4, -0.2) is 41.6 Å². The van der Waals surface area contributed by atoms with Gasteiger partial charge < -0.3 is 4.74 Å². The van der Waals surface area contributed by atoms with Crippen molar-refractivity contribution in [2.45, 2.75) is 0 Å². The normalized spacial score (nSPS) is 8.42. The van der Waals surface area contributed by atoms with Crippen LogP contribution in [0.4, 0.5) is 5.69 Å². The van der Waals surface area contributed by atoms with E-state index >= 15 is 0 Å². The van der Waals surface area contributed by atoms with Crippen LogP contribution >= 0.6 is 0 Å². The van der Waals surface area contributed by atoms with Crippen LogP contribution in [0.15, 0.2) is 24.3 Å². The van der Waals surface area contributed by atoms with Gasteiger partial charge in [0.15, 0.2) is 0 Å². The van der Waals surface area contributed by atoms with Gasteiger partial charge in [-0.15, -0.1) is 0 Å². The Kier molecular flexibility index (Phi) is 4.89. The molecular weight excluding hydrogens is 169 g/mol. The zero-order chi connectivity index (χ0) is 8.27. The second kappa shape index (κ2) is 5.13. The van der Waals surface area contributed by atoms with E-state index < -0.39 is 4.92 Å². The number of hydrogen-bond donors (Lipinski definition) is 0. The monoisotopic (exact) mass is 176 g/mol. The molecule has 4 nitrogen and oxygen atoms in total. The van der Waals surface area contributed by atoms with Crippen molar-refractivity contribution in [1.82, 2.24) is 0 Å². The molecule has 0 bridgehead atoms. The van der Waals surface area contributed by atoms with Gasteiger partial charge in [-0.3, -0.25) is 10.1 Å². The molecule has 12 heavy (non-hydrogen) atoms. The van der Waals surface area contributed by atoms with E-state index in [2.05, 4.69) is 0 Å². The molecular formula is C7H7NNaO3. The summed E-state index contributed by atoms with van der Waals surface area (Å²) in [6.45, 7) is 0. The first-order valence-corrected chi connectivity index (χ1v) is 3.02. The maximum absolute atomic E-state index is 10.2. The summed E-state index contributed by atoms with van der Waals surface area (Å²) in [6, 6.07) is 6.03. The summed E-state index contributed by atoms with van der Waals surface area (Å²) in [4.78, 5) is 9.76. The Labute approximate surface area is 92.0 Å². The maximum atomic E-state index is 10.2. The Morgan fingerprint density at radius 1 is 1.50 bits per heavy atom. The first-order chi connectivity index (χ1) is 5.24. The molecule has 0 aliphatic rings. The molecule has 0 spiro atoms. The zero-order valence-electron chi connectivity index (χ0n) is 6.98. The third kappa shape index (κ3) is 2.81. The number of nitrogens with zero attached hydrogens (tertiary/aromatic N) is 1. The topological polar surface area (TPSA) is 52.4 Å². The number of non-ortho nitro benzene ring substituents is 1. The van der Waals surface area contributed by atoms with Crippen LogP contribution in [-0.2, 0) is 0 Å². The van der Waals surface area contributed by atoms with Crippen molar-refractivity contribution in [3.05, 3.63) is 34.4 Å². The van der Waals surface area contributed by atoms with Crippen molar-refractivity contribution < 1.29 is 9.66 Å². The predicted molar refractivity (Wildman–Crippen MR) is 45.4 cm³/mol. The minimum absolute atomic E-state index is 0. The van der Waals surface area contributed by atoms with E-state index in [9.17, 15) is 10.1 Å². The minimum atomic E-state index is -0.456. The first kappa shape index (κ1) is 11.4. The van der Waals surface area contributed by atoms with E-state index in [1.807, 2.05) is 0 Å². The summed E-state index contributed by atoms with van der Waals surface area (Å²) in [5.41, 5.74) is 0.0457. The molecule has 0 heterocycles. The van der Waals surface area contributed by atoms with Crippen LogP contribution < -0.4 is 4.74 Å². The quantitative estimate of drug-likeness (QED) is 0.386. The van der Waals surface area contributed by atoms with Gasteiger partial charge in [-0.1, -0.05) is 6.07 Å². The van der Waals surface area contributed by atoms with E-state index in [1.165, 1.54) is 19.2 Å². The van der Waals surface area contributed by atoms with Gasteiger partial charge in [0.1, 0.15) is 5.75 Å². The minimum Gasteiger partial charge on any atom is -0.497 e. The molecule has 0 fully saturated rings. The van der Waals surface area contributed by atoms with Crippen LogP contribution in [0.2, 0.25) is 0 Å². The molecule has 5 heteroatoms. The molecule has 1 aromatic carbocycles. The second-order valence-electron chi connectivity index (χ2n) is 1.96. The van der Waals surface area contributed by atoms with Gasteiger partial charge in [-0.25, -0.2) is 0 Å². The smallest absolute Gasteiger partial charge is 0.273 e. The average Bonchev–Trinajstić information content (AvgIpc) is 2.05. The summed E-state index contributed by atoms with van der Waals surface area (Å²) >= 11 is 0. The fourth-order valence-electron chi connectivity index (χ4n) is 0.724. The number of benzene rings is 1. The van der Waals surface area contributed by atoms with Crippen LogP contribution in [0.3, 0.4) is 0 Å². The molecule has 0 aromatic heterocycles. The third-order valence-corrected chi connectivity index (χ3v) is 1.26. The van der Waals surface area contributed by atoms with E-state index in [1.54, 1.807) is 12.1 Å². The van der Waals surface area contributed by atoms with E-state index in [0.29, 0.717) is 5.75 Å². The summed E-state index contributed by atoms with van der Waals surface area (Å²) in [6.07, 6.45) is 0. The van der Waals surface area contributed by atoms with E-state index in [-0.39, 0.29) is 35.2 Å². The standard InChI is InChI=1S/C7H7NO3.Na/c1-11-7-4-2-3-6(5-7)8(9)10;/h2-5H,1H3;. The zero-order valence-corrected chi connectivity index (χ0v) is 8.98. The molecule has 59 valence electrons. The number of ether oxygens (including phenoxy) is 1. The van der Waals surface area contributed by atoms with E-state index in [4.69, 9.17) is 4.74 Å². The molecule has 0 saturated carbocycles. The van der Waals surface area contributed by atoms with Crippen molar-refractivity contribution in [3.63, 3.8) is 0 Å². The molecule has 0 unspecified atom stereocenters. The van der Waals surface area contributed by atoms with Crippen molar-refractivity contribution in [3.8, 4) is 5.75 Å². The Morgan fingerprint density at radius 3 is 2.67 bits per heavy atom. The molecule has 0 N–H and O–H groups in total. The summed E-state index contributed by atoms with van der Waals surface area (Å²) in [5.74, 6) is 0.499. The molecule has 0 atom stereocenters. The largest absolute Gasteiger partial charge is 0.497 e. The van der Waals surface area contributed by atoms with Crippen LogP contribution in [0, 0.1) is 10.1 Å². The Morgan fingerprint density at radius 2 is 2.17 bits per heavy atom. The van der Waals surface area contributed by atoms with Gasteiger partial charge in [-0.2, -0.15) is 0 Å². The summed E-state index contributed by atoms with van der Waals surface area (Å²) in [7, 11) is 1.47. The fraction of sp³-hybridized carbons (Fsp3) is 0.143. The molecule has 0 amide bonds. The van der Waals surface area contributed by atoms with Crippen LogP contribution in [0.1, 0.15) is 0 Å². The Bertz CT molecular complexity index is 277. The summed E-state index contributed by atoms with van der Waals surface area (Å²) < 4.78 is 4.80. The van der Waals surface area contributed by atoms with Crippen molar-refractivity contribution >= 4 is 35.2 Å². The van der Waals surface area contributed by atoms with Crippen molar-refractivity contribution in [2.24, 2.45) is 0 Å². The fourth-order valence-corrected chi connectivity index (χ4v) is 0.724. The van der Waals surface area contributed by atoms with Crippen LogP contribution in [0.25, 0.3) is 0 Å². The number of nitro groups is 1. The van der Waals surface area contributed by atoms with Crippen molar-refractivity contribution in [1.29, 1.82) is 0 Å². The predicted octanol–water partition coefficient (Wildman–Crippen LogP) is 1.22. The molecule has 0 saturated heterocycles. The number of methoxy groups -OCH3 is 1. The van der Waals surface area contributed by atoms with Gasteiger partial charge in [-0.05, 0) is 6.07 Å². The third-order valence-electron chi connectivity index (χ3n) is 1.26. The van der Waals surface area contributed by atoms with Gasteiger partial charge in [0.05, 0.1) is 18.1 Å². The van der Waals surface area contributed by atoms with Gasteiger partial charge in [0, 0.05) is 35.6 Å². The first-order valence-electron chi connectivity index (χ1n) is 3.02. The molecule has 0 aliphatic carbocycles. The van der Waals surface area contributed by atoms with E-state index in [0.717, 1.165) is 0 Å². The van der Waals surface area contributed by atoms with Gasteiger partial charge >= 0.3 is 0 Å². The van der Waals surface area contributed by atoms with Crippen LogP contribution in [0.5, 0.6) is 5.75 Å². The average molecular weight is 176 g/mol. The number of nitro benzene ring substituents is 1.